The highest BCUT2D eigenvalue weighted by molar-refractivity contribution is 5.67. The average molecular weight is 282 g/mol. The van der Waals surface area contributed by atoms with Crippen molar-refractivity contribution in [2.75, 3.05) is 13.1 Å². The predicted octanol–water partition coefficient (Wildman–Crippen LogP) is 1.78. The van der Waals surface area contributed by atoms with Gasteiger partial charge in [0.1, 0.15) is 5.60 Å². The highest BCUT2D eigenvalue weighted by Gasteiger charge is 2.16. The Kier molecular flexibility index (Phi) is 6.51. The quantitative estimate of drug-likeness (QED) is 0.748. The van der Waals surface area contributed by atoms with Crippen molar-refractivity contribution in [3.8, 4) is 0 Å². The van der Waals surface area contributed by atoms with Gasteiger partial charge in [0.05, 0.1) is 6.33 Å². The second kappa shape index (κ2) is 7.89. The summed E-state index contributed by atoms with van der Waals surface area (Å²) < 4.78 is 7.22. The monoisotopic (exact) mass is 282 g/mol. The van der Waals surface area contributed by atoms with Crippen LogP contribution in [0.25, 0.3) is 0 Å². The molecule has 0 bridgehead atoms. The molecular formula is C14H26N4O2. The van der Waals surface area contributed by atoms with E-state index in [-0.39, 0.29) is 12.1 Å². The molecule has 114 valence electrons. The molecule has 0 aliphatic rings. The van der Waals surface area contributed by atoms with Crippen LogP contribution in [0.1, 0.15) is 34.1 Å². The van der Waals surface area contributed by atoms with Crippen LogP contribution in [0.15, 0.2) is 18.7 Å². The van der Waals surface area contributed by atoms with E-state index in [4.69, 9.17) is 4.74 Å². The molecule has 0 radical (unpaired) electrons. The van der Waals surface area contributed by atoms with Gasteiger partial charge in [0.2, 0.25) is 0 Å². The van der Waals surface area contributed by atoms with Crippen LogP contribution in [-0.4, -0.2) is 40.4 Å². The van der Waals surface area contributed by atoms with Crippen molar-refractivity contribution in [3.63, 3.8) is 0 Å². The molecule has 1 heterocycles. The molecule has 0 spiro atoms. The minimum absolute atomic E-state index is 0.213. The molecule has 1 rings (SSSR count). The summed E-state index contributed by atoms with van der Waals surface area (Å²) in [5, 5.41) is 6.11. The van der Waals surface area contributed by atoms with Crippen LogP contribution in [0, 0.1) is 0 Å². The summed E-state index contributed by atoms with van der Waals surface area (Å²) in [4.78, 5) is 15.5. The average Bonchev–Trinajstić information content (AvgIpc) is 2.83. The molecule has 1 aromatic rings. The molecule has 1 aromatic heterocycles. The lowest BCUT2D eigenvalue weighted by molar-refractivity contribution is 0.0523. The number of amides is 1. The molecule has 0 fully saturated rings. The number of imidazole rings is 1. The molecule has 20 heavy (non-hydrogen) atoms. The Bertz CT molecular complexity index is 384. The van der Waals surface area contributed by atoms with E-state index in [2.05, 4.69) is 15.6 Å². The lowest BCUT2D eigenvalue weighted by atomic mass is 10.2. The molecule has 6 heteroatoms. The number of nitrogens with zero attached hydrogens (tertiary/aromatic N) is 2. The van der Waals surface area contributed by atoms with Crippen LogP contribution in [0.5, 0.6) is 0 Å². The zero-order valence-corrected chi connectivity index (χ0v) is 12.8. The molecule has 0 saturated carbocycles. The number of rotatable bonds is 7. The fourth-order valence-corrected chi connectivity index (χ4v) is 1.65. The van der Waals surface area contributed by atoms with Crippen LogP contribution in [0.4, 0.5) is 4.79 Å². The minimum atomic E-state index is -0.453. The van der Waals surface area contributed by atoms with Crippen molar-refractivity contribution >= 4 is 6.09 Å². The molecular weight excluding hydrogens is 256 g/mol. The molecule has 6 nitrogen and oxygen atoms in total. The van der Waals surface area contributed by atoms with Crippen molar-refractivity contribution in [2.24, 2.45) is 0 Å². The number of hydrogen-bond donors (Lipinski definition) is 2. The number of carbonyl (C=O) groups is 1. The molecule has 2 N–H and O–H groups in total. The number of nitrogens with one attached hydrogen (secondary N) is 2. The molecule has 0 aliphatic carbocycles. The largest absolute Gasteiger partial charge is 0.444 e. The first kappa shape index (κ1) is 16.5. The van der Waals surface area contributed by atoms with Crippen molar-refractivity contribution < 1.29 is 9.53 Å². The molecule has 1 atom stereocenters. The van der Waals surface area contributed by atoms with E-state index >= 15 is 0 Å². The van der Waals surface area contributed by atoms with Gasteiger partial charge in [0.15, 0.2) is 0 Å². The maximum absolute atomic E-state index is 11.5. The van der Waals surface area contributed by atoms with Crippen LogP contribution in [0.2, 0.25) is 0 Å². The fourth-order valence-electron chi connectivity index (χ4n) is 1.65. The van der Waals surface area contributed by atoms with E-state index in [1.54, 1.807) is 6.20 Å². The Labute approximate surface area is 120 Å². The van der Waals surface area contributed by atoms with Crippen LogP contribution >= 0.6 is 0 Å². The van der Waals surface area contributed by atoms with E-state index < -0.39 is 5.60 Å². The first-order chi connectivity index (χ1) is 9.37. The molecule has 0 aromatic carbocycles. The number of aromatic nitrogens is 2. The van der Waals surface area contributed by atoms with Crippen molar-refractivity contribution in [3.05, 3.63) is 18.7 Å². The summed E-state index contributed by atoms with van der Waals surface area (Å²) in [6.07, 6.45) is 6.19. The Morgan fingerprint density at radius 3 is 2.80 bits per heavy atom. The summed E-state index contributed by atoms with van der Waals surface area (Å²) >= 11 is 0. The van der Waals surface area contributed by atoms with Crippen LogP contribution in [-0.2, 0) is 11.3 Å². The van der Waals surface area contributed by atoms with Crippen molar-refractivity contribution in [1.82, 2.24) is 20.2 Å². The van der Waals surface area contributed by atoms with Gasteiger partial charge in [0, 0.05) is 31.5 Å². The van der Waals surface area contributed by atoms with Gasteiger partial charge in [-0.3, -0.25) is 0 Å². The maximum atomic E-state index is 11.5. The zero-order valence-electron chi connectivity index (χ0n) is 12.8. The summed E-state index contributed by atoms with van der Waals surface area (Å²) in [6, 6.07) is 0.213. The number of hydrogen-bond acceptors (Lipinski definition) is 4. The van der Waals surface area contributed by atoms with E-state index in [9.17, 15) is 4.79 Å². The number of alkyl carbamates (subject to hydrolysis) is 1. The van der Waals surface area contributed by atoms with Gasteiger partial charge in [-0.15, -0.1) is 0 Å². The van der Waals surface area contributed by atoms with Gasteiger partial charge in [-0.1, -0.05) is 0 Å². The highest BCUT2D eigenvalue weighted by atomic mass is 16.6. The third-order valence-electron chi connectivity index (χ3n) is 2.60. The first-order valence-electron chi connectivity index (χ1n) is 7.03. The highest BCUT2D eigenvalue weighted by Crippen LogP contribution is 2.06. The Morgan fingerprint density at radius 1 is 1.45 bits per heavy atom. The smallest absolute Gasteiger partial charge is 0.407 e. The topological polar surface area (TPSA) is 68.2 Å². The molecule has 1 unspecified atom stereocenters. The standard InChI is InChI=1S/C14H26N4O2/c1-12(10-17-13(19)20-14(2,3)4)16-6-5-8-18-9-7-15-11-18/h7,9,11-12,16H,5-6,8,10H2,1-4H3,(H,17,19). The predicted molar refractivity (Wildman–Crippen MR) is 78.5 cm³/mol. The lowest BCUT2D eigenvalue weighted by Gasteiger charge is -2.21. The second-order valence-corrected chi connectivity index (χ2v) is 5.89. The maximum Gasteiger partial charge on any atom is 0.407 e. The lowest BCUT2D eigenvalue weighted by Crippen LogP contribution is -2.41. The van der Waals surface area contributed by atoms with E-state index in [1.807, 2.05) is 44.8 Å². The Morgan fingerprint density at radius 2 is 2.20 bits per heavy atom. The normalized spacial score (nSPS) is 13.0. The molecule has 0 saturated heterocycles. The summed E-state index contributed by atoms with van der Waals surface area (Å²) in [7, 11) is 0. The summed E-state index contributed by atoms with van der Waals surface area (Å²) in [6.45, 7) is 9.99. The third-order valence-corrected chi connectivity index (χ3v) is 2.60. The van der Waals surface area contributed by atoms with E-state index in [1.165, 1.54) is 0 Å². The molecule has 1 amide bonds. The third kappa shape index (κ3) is 7.78. The van der Waals surface area contributed by atoms with Gasteiger partial charge in [-0.25, -0.2) is 9.78 Å². The van der Waals surface area contributed by atoms with Gasteiger partial charge >= 0.3 is 6.09 Å². The van der Waals surface area contributed by atoms with Gasteiger partial charge in [0.25, 0.3) is 0 Å². The van der Waals surface area contributed by atoms with Crippen LogP contribution < -0.4 is 10.6 Å². The van der Waals surface area contributed by atoms with Gasteiger partial charge in [-0.05, 0) is 40.7 Å². The fraction of sp³-hybridized carbons (Fsp3) is 0.714. The van der Waals surface area contributed by atoms with Crippen LogP contribution in [0.3, 0.4) is 0 Å². The Balaban J connectivity index is 2.05. The summed E-state index contributed by atoms with van der Waals surface area (Å²) in [5.41, 5.74) is -0.453. The summed E-state index contributed by atoms with van der Waals surface area (Å²) in [5.74, 6) is 0. The molecule has 0 aliphatic heterocycles. The number of carbonyl (C=O) groups excluding carboxylic acids is 1. The number of aryl methyl sites for hydroxylation is 1. The zero-order chi connectivity index (χ0) is 15.0. The number of ether oxygens (including phenoxy) is 1. The van der Waals surface area contributed by atoms with E-state index in [0.29, 0.717) is 6.54 Å². The first-order valence-corrected chi connectivity index (χ1v) is 7.03. The minimum Gasteiger partial charge on any atom is -0.444 e. The van der Waals surface area contributed by atoms with Gasteiger partial charge in [-0.2, -0.15) is 0 Å². The second-order valence-electron chi connectivity index (χ2n) is 5.89. The Hall–Kier alpha value is -1.56. The van der Waals surface area contributed by atoms with Crippen molar-refractivity contribution in [1.29, 1.82) is 0 Å². The van der Waals surface area contributed by atoms with Gasteiger partial charge < -0.3 is 19.9 Å². The SMILES string of the molecule is CC(CNC(=O)OC(C)(C)C)NCCCn1ccnc1. The van der Waals surface area contributed by atoms with Crippen molar-refractivity contribution in [2.45, 2.75) is 52.3 Å². The van der Waals surface area contributed by atoms with E-state index in [0.717, 1.165) is 19.5 Å².